The largest absolute Gasteiger partial charge is 0.493 e. The number of anilines is 1. The van der Waals surface area contributed by atoms with Crippen LogP contribution in [0.2, 0.25) is 0 Å². The maximum absolute atomic E-state index is 12.6. The van der Waals surface area contributed by atoms with E-state index >= 15 is 0 Å². The summed E-state index contributed by atoms with van der Waals surface area (Å²) in [5.41, 5.74) is 0.190. The average molecular weight is 492 g/mol. The van der Waals surface area contributed by atoms with Gasteiger partial charge in [-0.05, 0) is 35.7 Å². The van der Waals surface area contributed by atoms with Gasteiger partial charge in [-0.1, -0.05) is 18.2 Å². The first-order valence-corrected chi connectivity index (χ1v) is 11.8. The van der Waals surface area contributed by atoms with E-state index in [-0.39, 0.29) is 32.5 Å². The van der Waals surface area contributed by atoms with Gasteiger partial charge in [0, 0.05) is 5.56 Å². The van der Waals surface area contributed by atoms with Crippen LogP contribution in [0.3, 0.4) is 0 Å². The monoisotopic (exact) mass is 491 g/mol. The Bertz CT molecular complexity index is 1230. The number of nitrogens with one attached hydrogen (secondary N) is 1. The van der Waals surface area contributed by atoms with E-state index in [0.29, 0.717) is 5.75 Å². The molecule has 0 unspecified atom stereocenters. The second-order valence-corrected chi connectivity index (χ2v) is 9.35. The number of Topliss-reactive ketones (excluding diaryl/α,β-unsaturated/α-hetero) is 1. The highest BCUT2D eigenvalue weighted by Crippen LogP contribution is 2.38. The molecule has 9 nitrogen and oxygen atoms in total. The molecular weight excluding hydrogens is 470 g/mol. The number of benzene rings is 2. The third-order valence-corrected chi connectivity index (χ3v) is 7.24. The fourth-order valence-electron chi connectivity index (χ4n) is 2.90. The Balaban J connectivity index is 1.76. The van der Waals surface area contributed by atoms with Gasteiger partial charge < -0.3 is 18.9 Å². The van der Waals surface area contributed by atoms with E-state index < -0.39 is 28.4 Å². The molecule has 0 aliphatic heterocycles. The summed E-state index contributed by atoms with van der Waals surface area (Å²) in [5, 5.41) is 1.63. The molecule has 0 atom stereocenters. The van der Waals surface area contributed by atoms with Gasteiger partial charge in [-0.25, -0.2) is 13.2 Å². The standard InChI is InChI=1S/C22H21NO8S2/c1-28-18-11-14(12-19(29-2)21(18)30-3)17(24)13-31-22(25)15-7-4-5-8-16(15)23-33(26,27)20-9-6-10-32-20/h4-12,23H,13H2,1-3H3. The Morgan fingerprint density at radius 2 is 1.61 bits per heavy atom. The van der Waals surface area contributed by atoms with Crippen LogP contribution in [0.25, 0.3) is 0 Å². The second-order valence-electron chi connectivity index (χ2n) is 6.50. The van der Waals surface area contributed by atoms with Gasteiger partial charge in [0.05, 0.1) is 32.6 Å². The van der Waals surface area contributed by atoms with Crippen LogP contribution in [0.15, 0.2) is 58.1 Å². The minimum absolute atomic E-state index is 0.0321. The van der Waals surface area contributed by atoms with Crippen LogP contribution in [0.5, 0.6) is 17.2 Å². The Morgan fingerprint density at radius 1 is 0.939 bits per heavy atom. The number of carbonyl (C=O) groups excluding carboxylic acids is 2. The summed E-state index contributed by atoms with van der Waals surface area (Å²) < 4.78 is 48.4. The van der Waals surface area contributed by atoms with E-state index in [0.717, 1.165) is 11.3 Å². The summed E-state index contributed by atoms with van der Waals surface area (Å²) in [6.45, 7) is -0.580. The first-order valence-electron chi connectivity index (χ1n) is 9.46. The summed E-state index contributed by atoms with van der Waals surface area (Å²) in [7, 11) is 0.403. The van der Waals surface area contributed by atoms with Gasteiger partial charge in [0.25, 0.3) is 10.0 Å². The minimum Gasteiger partial charge on any atom is -0.493 e. The minimum atomic E-state index is -3.87. The molecule has 0 radical (unpaired) electrons. The van der Waals surface area contributed by atoms with Crippen molar-refractivity contribution in [1.29, 1.82) is 0 Å². The quantitative estimate of drug-likeness (QED) is 0.338. The molecule has 0 bridgehead atoms. The average Bonchev–Trinajstić information content (AvgIpc) is 3.37. The van der Waals surface area contributed by atoms with Gasteiger partial charge in [-0.3, -0.25) is 9.52 Å². The van der Waals surface area contributed by atoms with Gasteiger partial charge in [0.2, 0.25) is 11.5 Å². The predicted octanol–water partition coefficient (Wildman–Crippen LogP) is 3.61. The number of ketones is 1. The summed E-state index contributed by atoms with van der Waals surface area (Å²) in [6.07, 6.45) is 0. The van der Waals surface area contributed by atoms with E-state index in [4.69, 9.17) is 18.9 Å². The van der Waals surface area contributed by atoms with E-state index in [1.807, 2.05) is 0 Å². The molecule has 1 N–H and O–H groups in total. The SMILES string of the molecule is COc1cc(C(=O)COC(=O)c2ccccc2NS(=O)(=O)c2cccs2)cc(OC)c1OC. The lowest BCUT2D eigenvalue weighted by Gasteiger charge is -2.14. The predicted molar refractivity (Wildman–Crippen MR) is 122 cm³/mol. The molecule has 0 aliphatic rings. The molecule has 11 heteroatoms. The fourth-order valence-corrected chi connectivity index (χ4v) is 4.97. The molecule has 3 rings (SSSR count). The van der Waals surface area contributed by atoms with E-state index in [1.54, 1.807) is 23.6 Å². The van der Waals surface area contributed by atoms with Gasteiger partial charge in [-0.15, -0.1) is 11.3 Å². The zero-order valence-electron chi connectivity index (χ0n) is 18.0. The van der Waals surface area contributed by atoms with E-state index in [2.05, 4.69) is 4.72 Å². The molecule has 0 saturated heterocycles. The molecule has 2 aromatic carbocycles. The van der Waals surface area contributed by atoms with Gasteiger partial charge in [-0.2, -0.15) is 0 Å². The molecule has 1 heterocycles. The summed E-state index contributed by atoms with van der Waals surface area (Å²) in [6, 6.07) is 11.9. The van der Waals surface area contributed by atoms with E-state index in [1.165, 1.54) is 51.7 Å². The first kappa shape index (κ1) is 24.1. The highest BCUT2D eigenvalue weighted by Gasteiger charge is 2.22. The number of hydrogen-bond acceptors (Lipinski definition) is 9. The van der Waals surface area contributed by atoms with Crippen molar-refractivity contribution in [2.75, 3.05) is 32.7 Å². The lowest BCUT2D eigenvalue weighted by Crippen LogP contribution is -2.18. The van der Waals surface area contributed by atoms with Crippen molar-refractivity contribution in [3.05, 3.63) is 65.0 Å². The number of methoxy groups -OCH3 is 3. The molecule has 0 aliphatic carbocycles. The van der Waals surface area contributed by atoms with Crippen molar-refractivity contribution in [1.82, 2.24) is 0 Å². The molecule has 33 heavy (non-hydrogen) atoms. The summed E-state index contributed by atoms with van der Waals surface area (Å²) >= 11 is 1.04. The molecule has 0 amide bonds. The number of rotatable bonds is 10. The second kappa shape index (κ2) is 10.4. The Morgan fingerprint density at radius 3 is 2.18 bits per heavy atom. The van der Waals surface area contributed by atoms with Crippen LogP contribution in [-0.2, 0) is 14.8 Å². The molecular formula is C22H21NO8S2. The number of carbonyl (C=O) groups is 2. The third kappa shape index (κ3) is 5.44. The number of ether oxygens (including phenoxy) is 4. The van der Waals surface area contributed by atoms with Crippen molar-refractivity contribution in [2.24, 2.45) is 0 Å². The van der Waals surface area contributed by atoms with Crippen LogP contribution < -0.4 is 18.9 Å². The smallest absolute Gasteiger partial charge is 0.340 e. The Hall–Kier alpha value is -3.57. The highest BCUT2D eigenvalue weighted by atomic mass is 32.2. The topological polar surface area (TPSA) is 117 Å². The third-order valence-electron chi connectivity index (χ3n) is 4.47. The number of sulfonamides is 1. The zero-order valence-corrected chi connectivity index (χ0v) is 19.6. The first-order chi connectivity index (χ1) is 15.8. The molecule has 0 fully saturated rings. The number of para-hydroxylation sites is 1. The van der Waals surface area contributed by atoms with E-state index in [9.17, 15) is 18.0 Å². The van der Waals surface area contributed by atoms with Gasteiger partial charge in [0.15, 0.2) is 18.1 Å². The van der Waals surface area contributed by atoms with Crippen LogP contribution in [0.4, 0.5) is 5.69 Å². The number of esters is 1. The molecule has 174 valence electrons. The fraction of sp³-hybridized carbons (Fsp3) is 0.182. The van der Waals surface area contributed by atoms with Crippen LogP contribution >= 0.6 is 11.3 Å². The maximum Gasteiger partial charge on any atom is 0.340 e. The van der Waals surface area contributed by atoms with Crippen LogP contribution in [0, 0.1) is 0 Å². The Labute approximate surface area is 194 Å². The summed E-state index contributed by atoms with van der Waals surface area (Å²) in [5.74, 6) is -0.500. The molecule has 1 aromatic heterocycles. The normalized spacial score (nSPS) is 10.9. The van der Waals surface area contributed by atoms with Crippen molar-refractivity contribution in [3.63, 3.8) is 0 Å². The maximum atomic E-state index is 12.6. The van der Waals surface area contributed by atoms with Crippen molar-refractivity contribution < 1.29 is 37.0 Å². The number of hydrogen-bond donors (Lipinski definition) is 1. The van der Waals surface area contributed by atoms with Crippen LogP contribution in [-0.4, -0.2) is 48.1 Å². The lowest BCUT2D eigenvalue weighted by molar-refractivity contribution is 0.0475. The molecule has 0 saturated carbocycles. The Kier molecular flexibility index (Phi) is 7.56. The van der Waals surface area contributed by atoms with Crippen molar-refractivity contribution >= 4 is 38.8 Å². The number of thiophene rings is 1. The zero-order chi connectivity index (χ0) is 24.0. The van der Waals surface area contributed by atoms with Crippen molar-refractivity contribution in [2.45, 2.75) is 4.21 Å². The van der Waals surface area contributed by atoms with Crippen LogP contribution in [0.1, 0.15) is 20.7 Å². The van der Waals surface area contributed by atoms with Gasteiger partial charge >= 0.3 is 5.97 Å². The highest BCUT2D eigenvalue weighted by molar-refractivity contribution is 7.94. The van der Waals surface area contributed by atoms with Gasteiger partial charge in [0.1, 0.15) is 4.21 Å². The molecule has 0 spiro atoms. The molecule has 3 aromatic rings. The summed E-state index contributed by atoms with van der Waals surface area (Å²) in [4.78, 5) is 25.3. The lowest BCUT2D eigenvalue weighted by atomic mass is 10.1. The van der Waals surface area contributed by atoms with Crippen molar-refractivity contribution in [3.8, 4) is 17.2 Å².